The van der Waals surface area contributed by atoms with Crippen molar-refractivity contribution in [1.82, 2.24) is 5.32 Å². The second kappa shape index (κ2) is 7.82. The van der Waals surface area contributed by atoms with Crippen molar-refractivity contribution in [1.29, 1.82) is 0 Å². The van der Waals surface area contributed by atoms with Gasteiger partial charge in [-0.1, -0.05) is 34.1 Å². The molecule has 1 unspecified atom stereocenters. The molecule has 0 radical (unpaired) electrons. The molecule has 2 nitrogen and oxygen atoms in total. The molecule has 1 aromatic carbocycles. The number of nitrogens with one attached hydrogen (secondary N) is 1. The fourth-order valence-corrected chi connectivity index (χ4v) is 2.08. The van der Waals surface area contributed by atoms with E-state index in [1.807, 2.05) is 6.07 Å². The van der Waals surface area contributed by atoms with E-state index in [2.05, 4.69) is 46.4 Å². The maximum absolute atomic E-state index is 5.68. The first kappa shape index (κ1) is 13.7. The van der Waals surface area contributed by atoms with Crippen molar-refractivity contribution in [3.63, 3.8) is 0 Å². The highest BCUT2D eigenvalue weighted by molar-refractivity contribution is 9.10. The summed E-state index contributed by atoms with van der Waals surface area (Å²) in [5, 5.41) is 3.44. The van der Waals surface area contributed by atoms with Crippen molar-refractivity contribution >= 4 is 15.9 Å². The number of rotatable bonds is 7. The lowest BCUT2D eigenvalue weighted by Crippen LogP contribution is -2.21. The van der Waals surface area contributed by atoms with Crippen LogP contribution in [0.5, 0.6) is 0 Å². The maximum Gasteiger partial charge on any atom is 0.0207 e. The summed E-state index contributed by atoms with van der Waals surface area (Å²) in [5.41, 5.74) is 7.05. The van der Waals surface area contributed by atoms with Crippen LogP contribution in [0, 0.1) is 0 Å². The zero-order valence-electron chi connectivity index (χ0n) is 9.88. The Hall–Kier alpha value is -0.380. The first-order valence-corrected chi connectivity index (χ1v) is 6.69. The summed E-state index contributed by atoms with van der Waals surface area (Å²) < 4.78 is 1.20. The fourth-order valence-electron chi connectivity index (χ4n) is 1.60. The van der Waals surface area contributed by atoms with Gasteiger partial charge < -0.3 is 11.1 Å². The molecular weight excluding hydrogens is 264 g/mol. The summed E-state index contributed by atoms with van der Waals surface area (Å²) >= 11 is 3.55. The normalized spacial score (nSPS) is 12.7. The van der Waals surface area contributed by atoms with Gasteiger partial charge in [-0.05, 0) is 50.9 Å². The summed E-state index contributed by atoms with van der Waals surface area (Å²) in [6, 6.07) is 8.70. The highest BCUT2D eigenvalue weighted by Gasteiger charge is 1.98. The van der Waals surface area contributed by atoms with Crippen LogP contribution in [0.1, 0.15) is 25.3 Å². The lowest BCUT2D eigenvalue weighted by molar-refractivity contribution is 0.575. The van der Waals surface area contributed by atoms with Crippen molar-refractivity contribution < 1.29 is 0 Å². The molecule has 16 heavy (non-hydrogen) atoms. The average molecular weight is 285 g/mol. The Morgan fingerprint density at radius 1 is 1.31 bits per heavy atom. The molecule has 0 saturated heterocycles. The predicted molar refractivity (Wildman–Crippen MR) is 73.6 cm³/mol. The Morgan fingerprint density at radius 2 is 2.06 bits per heavy atom. The van der Waals surface area contributed by atoms with Crippen LogP contribution < -0.4 is 11.1 Å². The van der Waals surface area contributed by atoms with Crippen LogP contribution in [-0.2, 0) is 6.42 Å². The molecule has 1 atom stereocenters. The molecule has 3 heteroatoms. The second-order valence-corrected chi connectivity index (χ2v) is 5.07. The topological polar surface area (TPSA) is 38.0 Å². The van der Waals surface area contributed by atoms with Gasteiger partial charge in [0.05, 0.1) is 0 Å². The standard InChI is InChI=1S/C13H21BrN2/c1-11(15)5-4-9-16-10-8-12-6-2-3-7-13(12)14/h2-3,6-7,11,16H,4-5,8-10,15H2,1H3. The summed E-state index contributed by atoms with van der Waals surface area (Å²) in [6.45, 7) is 4.15. The Labute approximate surface area is 107 Å². The average Bonchev–Trinajstić information content (AvgIpc) is 2.25. The van der Waals surface area contributed by atoms with Gasteiger partial charge in [-0.25, -0.2) is 0 Å². The molecule has 1 rings (SSSR count). The molecule has 0 fully saturated rings. The Kier molecular flexibility index (Phi) is 6.69. The van der Waals surface area contributed by atoms with Crippen LogP contribution in [0.2, 0.25) is 0 Å². The minimum absolute atomic E-state index is 0.324. The SMILES string of the molecule is CC(N)CCCNCCc1ccccc1Br. The van der Waals surface area contributed by atoms with Gasteiger partial charge in [0.25, 0.3) is 0 Å². The molecule has 0 aliphatic rings. The molecule has 0 bridgehead atoms. The summed E-state index contributed by atoms with van der Waals surface area (Å²) in [4.78, 5) is 0. The first-order valence-electron chi connectivity index (χ1n) is 5.90. The molecule has 0 amide bonds. The number of benzene rings is 1. The third kappa shape index (κ3) is 5.64. The molecule has 90 valence electrons. The van der Waals surface area contributed by atoms with E-state index < -0.39 is 0 Å². The van der Waals surface area contributed by atoms with Crippen molar-refractivity contribution in [3.8, 4) is 0 Å². The summed E-state index contributed by atoms with van der Waals surface area (Å²) in [6.07, 6.45) is 3.33. The smallest absolute Gasteiger partial charge is 0.0207 e. The highest BCUT2D eigenvalue weighted by Crippen LogP contribution is 2.15. The van der Waals surface area contributed by atoms with E-state index in [0.717, 1.165) is 32.4 Å². The Bertz CT molecular complexity index is 300. The van der Waals surface area contributed by atoms with E-state index in [1.165, 1.54) is 10.0 Å². The minimum atomic E-state index is 0.324. The molecule has 0 aliphatic heterocycles. The second-order valence-electron chi connectivity index (χ2n) is 4.21. The van der Waals surface area contributed by atoms with Crippen LogP contribution in [0.3, 0.4) is 0 Å². The number of hydrogen-bond donors (Lipinski definition) is 2. The summed E-state index contributed by atoms with van der Waals surface area (Å²) in [7, 11) is 0. The molecule has 1 aromatic rings. The van der Waals surface area contributed by atoms with Crippen LogP contribution in [0.4, 0.5) is 0 Å². The van der Waals surface area contributed by atoms with E-state index in [4.69, 9.17) is 5.73 Å². The third-order valence-corrected chi connectivity index (χ3v) is 3.32. The van der Waals surface area contributed by atoms with Gasteiger partial charge in [0.1, 0.15) is 0 Å². The zero-order valence-corrected chi connectivity index (χ0v) is 11.5. The number of nitrogens with two attached hydrogens (primary N) is 1. The van der Waals surface area contributed by atoms with Gasteiger partial charge >= 0.3 is 0 Å². The summed E-state index contributed by atoms with van der Waals surface area (Å²) in [5.74, 6) is 0. The van der Waals surface area contributed by atoms with Gasteiger partial charge in [0.2, 0.25) is 0 Å². The van der Waals surface area contributed by atoms with Crippen LogP contribution in [0.15, 0.2) is 28.7 Å². The molecular formula is C13H21BrN2. The molecule has 0 heterocycles. The van der Waals surface area contributed by atoms with E-state index in [1.54, 1.807) is 0 Å². The molecule has 3 N–H and O–H groups in total. The molecule has 0 spiro atoms. The van der Waals surface area contributed by atoms with Crippen LogP contribution in [0.25, 0.3) is 0 Å². The van der Waals surface area contributed by atoms with Gasteiger partial charge in [0.15, 0.2) is 0 Å². The Balaban J connectivity index is 2.10. The van der Waals surface area contributed by atoms with E-state index in [9.17, 15) is 0 Å². The van der Waals surface area contributed by atoms with Gasteiger partial charge in [-0.3, -0.25) is 0 Å². The van der Waals surface area contributed by atoms with Crippen molar-refractivity contribution in [3.05, 3.63) is 34.3 Å². The van der Waals surface area contributed by atoms with Gasteiger partial charge in [-0.2, -0.15) is 0 Å². The zero-order chi connectivity index (χ0) is 11.8. The van der Waals surface area contributed by atoms with E-state index in [0.29, 0.717) is 6.04 Å². The van der Waals surface area contributed by atoms with Crippen molar-refractivity contribution in [2.45, 2.75) is 32.2 Å². The maximum atomic E-state index is 5.68. The molecule has 0 aromatic heterocycles. The van der Waals surface area contributed by atoms with Gasteiger partial charge in [0, 0.05) is 10.5 Å². The minimum Gasteiger partial charge on any atom is -0.328 e. The van der Waals surface area contributed by atoms with E-state index in [-0.39, 0.29) is 0 Å². The first-order chi connectivity index (χ1) is 7.70. The van der Waals surface area contributed by atoms with Crippen molar-refractivity contribution in [2.75, 3.05) is 13.1 Å². The van der Waals surface area contributed by atoms with E-state index >= 15 is 0 Å². The largest absolute Gasteiger partial charge is 0.328 e. The molecule has 0 aliphatic carbocycles. The van der Waals surface area contributed by atoms with Crippen molar-refractivity contribution in [2.24, 2.45) is 5.73 Å². The number of hydrogen-bond acceptors (Lipinski definition) is 2. The Morgan fingerprint density at radius 3 is 2.75 bits per heavy atom. The fraction of sp³-hybridized carbons (Fsp3) is 0.538. The lowest BCUT2D eigenvalue weighted by Gasteiger charge is -2.07. The third-order valence-electron chi connectivity index (χ3n) is 2.54. The lowest BCUT2D eigenvalue weighted by atomic mass is 10.1. The monoisotopic (exact) mass is 284 g/mol. The van der Waals surface area contributed by atoms with Crippen LogP contribution >= 0.6 is 15.9 Å². The molecule has 0 saturated carbocycles. The highest BCUT2D eigenvalue weighted by atomic mass is 79.9. The van der Waals surface area contributed by atoms with Crippen LogP contribution in [-0.4, -0.2) is 19.1 Å². The number of halogens is 1. The predicted octanol–water partition coefficient (Wildman–Crippen LogP) is 2.71. The van der Waals surface area contributed by atoms with Gasteiger partial charge in [-0.15, -0.1) is 0 Å². The quantitative estimate of drug-likeness (QED) is 0.756.